The van der Waals surface area contributed by atoms with Crippen LogP contribution in [-0.4, -0.2) is 29.3 Å². The summed E-state index contributed by atoms with van der Waals surface area (Å²) in [5.74, 6) is 0.0552. The maximum atomic E-state index is 13.0. The van der Waals surface area contributed by atoms with Crippen LogP contribution in [0.1, 0.15) is 57.4 Å². The summed E-state index contributed by atoms with van der Waals surface area (Å²) < 4.78 is 37.4. The summed E-state index contributed by atoms with van der Waals surface area (Å²) in [6, 6.07) is 6.10. The van der Waals surface area contributed by atoms with Crippen LogP contribution in [0.15, 0.2) is 24.3 Å². The third kappa shape index (κ3) is 3.90. The maximum absolute atomic E-state index is 13.0. The minimum absolute atomic E-state index is 0.0552. The van der Waals surface area contributed by atoms with Gasteiger partial charge in [0.15, 0.2) is 0 Å². The van der Waals surface area contributed by atoms with Crippen LogP contribution in [0.2, 0.25) is 0 Å². The van der Waals surface area contributed by atoms with Crippen molar-refractivity contribution in [2.45, 2.75) is 70.1 Å². The van der Waals surface area contributed by atoms with Crippen molar-refractivity contribution >= 4 is 11.6 Å². The van der Waals surface area contributed by atoms with Gasteiger partial charge in [-0.2, -0.15) is 13.2 Å². The summed E-state index contributed by atoms with van der Waals surface area (Å²) in [4.78, 5) is 14.7. The van der Waals surface area contributed by atoms with Gasteiger partial charge in [-0.25, -0.2) is 0 Å². The molecular weight excluding hydrogens is 343 g/mol. The van der Waals surface area contributed by atoms with Gasteiger partial charge in [0.25, 0.3) is 0 Å². The zero-order chi connectivity index (χ0) is 19.0. The molecule has 144 valence electrons. The number of nitrogens with zero attached hydrogens (tertiary/aromatic N) is 1. The van der Waals surface area contributed by atoms with Crippen LogP contribution in [0.25, 0.3) is 0 Å². The molecule has 26 heavy (non-hydrogen) atoms. The lowest BCUT2D eigenvalue weighted by Crippen LogP contribution is -2.43. The van der Waals surface area contributed by atoms with E-state index in [0.717, 1.165) is 19.3 Å². The van der Waals surface area contributed by atoms with Crippen molar-refractivity contribution in [1.29, 1.82) is 0 Å². The number of rotatable bonds is 4. The molecule has 1 N–H and O–H groups in total. The Bertz CT molecular complexity index is 646. The number of anilines is 1. The minimum atomic E-state index is -4.23. The lowest BCUT2D eigenvalue weighted by Gasteiger charge is -2.41. The normalized spacial score (nSPS) is 29.6. The first-order valence-electron chi connectivity index (χ1n) is 9.37. The smallest absolute Gasteiger partial charge is 0.390 e. The van der Waals surface area contributed by atoms with E-state index in [1.807, 2.05) is 6.92 Å². The number of carbonyl (C=O) groups is 1. The second kappa shape index (κ2) is 6.87. The molecule has 2 aliphatic rings. The van der Waals surface area contributed by atoms with Crippen molar-refractivity contribution in [1.82, 2.24) is 0 Å². The highest BCUT2D eigenvalue weighted by atomic mass is 19.4. The number of carbonyl (C=O) groups excluding carboxylic acids is 1. The number of hydrogen-bond acceptors (Lipinski definition) is 2. The van der Waals surface area contributed by atoms with Crippen molar-refractivity contribution in [3.63, 3.8) is 0 Å². The zero-order valence-corrected chi connectivity index (χ0v) is 15.1. The maximum Gasteiger partial charge on any atom is 0.393 e. The van der Waals surface area contributed by atoms with Crippen LogP contribution in [0.3, 0.4) is 0 Å². The first-order chi connectivity index (χ1) is 12.2. The van der Waals surface area contributed by atoms with E-state index in [1.54, 1.807) is 17.0 Å². The topological polar surface area (TPSA) is 40.5 Å². The fourth-order valence-electron chi connectivity index (χ4n) is 4.47. The molecule has 1 saturated carbocycles. The van der Waals surface area contributed by atoms with E-state index in [9.17, 15) is 23.1 Å². The van der Waals surface area contributed by atoms with Crippen LogP contribution in [0.4, 0.5) is 18.9 Å². The molecule has 1 amide bonds. The van der Waals surface area contributed by atoms with Gasteiger partial charge in [-0.15, -0.1) is 0 Å². The molecule has 1 aliphatic carbocycles. The van der Waals surface area contributed by atoms with Gasteiger partial charge in [0.1, 0.15) is 0 Å². The molecule has 6 heteroatoms. The average Bonchev–Trinajstić information content (AvgIpc) is 2.88. The number of halogens is 3. The molecule has 0 atom stereocenters. The minimum Gasteiger partial charge on any atom is -0.390 e. The summed E-state index contributed by atoms with van der Waals surface area (Å²) in [5.41, 5.74) is -0.200. The van der Waals surface area contributed by atoms with Crippen LogP contribution in [0, 0.1) is 5.41 Å². The van der Waals surface area contributed by atoms with Crippen molar-refractivity contribution in [2.75, 3.05) is 11.4 Å². The van der Waals surface area contributed by atoms with Crippen LogP contribution in [0.5, 0.6) is 0 Å². The Labute approximate surface area is 152 Å². The van der Waals surface area contributed by atoms with Crippen molar-refractivity contribution in [2.24, 2.45) is 5.41 Å². The second-order valence-electron chi connectivity index (χ2n) is 7.92. The Morgan fingerprint density at radius 2 is 1.69 bits per heavy atom. The Balaban J connectivity index is 1.68. The van der Waals surface area contributed by atoms with Crippen LogP contribution >= 0.6 is 0 Å². The standard InChI is InChI=1S/C20H26F3NO2/c1-2-7-19(26)10-8-18(9-11-19)12-13-24(17(18)25)16-5-3-15(4-6-16)14-20(21,22)23/h3-6,26H,2,7-14H2,1H3. The summed E-state index contributed by atoms with van der Waals surface area (Å²) in [6.45, 7) is 2.64. The molecule has 1 aromatic rings. The Hall–Kier alpha value is -1.56. The summed E-state index contributed by atoms with van der Waals surface area (Å²) >= 11 is 0. The quantitative estimate of drug-likeness (QED) is 0.841. The molecule has 1 aromatic carbocycles. The SMILES string of the molecule is CCCC1(O)CCC2(CCN(c3ccc(CC(F)(F)F)cc3)C2=O)CC1. The van der Waals surface area contributed by atoms with Gasteiger partial charge in [0.05, 0.1) is 17.4 Å². The van der Waals surface area contributed by atoms with Gasteiger partial charge in [-0.05, 0) is 56.2 Å². The molecule has 0 unspecified atom stereocenters. The molecule has 1 aliphatic heterocycles. The predicted octanol–water partition coefficient (Wildman–Crippen LogP) is 4.62. The third-order valence-electron chi connectivity index (χ3n) is 6.02. The first-order valence-corrected chi connectivity index (χ1v) is 9.37. The lowest BCUT2D eigenvalue weighted by atomic mass is 9.67. The van der Waals surface area contributed by atoms with Crippen molar-refractivity contribution in [3.05, 3.63) is 29.8 Å². The number of hydrogen-bond donors (Lipinski definition) is 1. The van der Waals surface area contributed by atoms with E-state index < -0.39 is 23.6 Å². The van der Waals surface area contributed by atoms with Crippen molar-refractivity contribution < 1.29 is 23.1 Å². The highest BCUT2D eigenvalue weighted by molar-refractivity contribution is 6.00. The molecule has 3 nitrogen and oxygen atoms in total. The van der Waals surface area contributed by atoms with Gasteiger partial charge in [0.2, 0.25) is 5.91 Å². The number of amides is 1. The van der Waals surface area contributed by atoms with Crippen LogP contribution in [-0.2, 0) is 11.2 Å². The van der Waals surface area contributed by atoms with E-state index in [-0.39, 0.29) is 11.5 Å². The molecule has 3 rings (SSSR count). The average molecular weight is 369 g/mol. The Kier molecular flexibility index (Phi) is 5.08. The highest BCUT2D eigenvalue weighted by Gasteiger charge is 2.51. The fourth-order valence-corrected chi connectivity index (χ4v) is 4.47. The van der Waals surface area contributed by atoms with Crippen molar-refractivity contribution in [3.8, 4) is 0 Å². The van der Waals surface area contributed by atoms with E-state index >= 15 is 0 Å². The summed E-state index contributed by atoms with van der Waals surface area (Å²) in [6.07, 6.45) is -0.0900. The first kappa shape index (κ1) is 19.2. The second-order valence-corrected chi connectivity index (χ2v) is 7.92. The van der Waals surface area contributed by atoms with E-state index in [2.05, 4.69) is 0 Å². The number of alkyl halides is 3. The largest absolute Gasteiger partial charge is 0.393 e. The molecule has 1 heterocycles. The van der Waals surface area contributed by atoms with E-state index in [0.29, 0.717) is 37.9 Å². The number of aliphatic hydroxyl groups is 1. The molecule has 0 bridgehead atoms. The molecule has 2 fully saturated rings. The zero-order valence-electron chi connectivity index (χ0n) is 15.1. The summed E-state index contributed by atoms with van der Waals surface area (Å²) in [7, 11) is 0. The predicted molar refractivity (Wildman–Crippen MR) is 93.9 cm³/mol. The monoisotopic (exact) mass is 369 g/mol. The van der Waals surface area contributed by atoms with E-state index in [1.165, 1.54) is 12.1 Å². The van der Waals surface area contributed by atoms with Crippen LogP contribution < -0.4 is 4.90 Å². The molecular formula is C20H26F3NO2. The summed E-state index contributed by atoms with van der Waals surface area (Å²) in [5, 5.41) is 10.6. The fraction of sp³-hybridized carbons (Fsp3) is 0.650. The lowest BCUT2D eigenvalue weighted by molar-refractivity contribution is -0.131. The molecule has 1 saturated heterocycles. The van der Waals surface area contributed by atoms with E-state index in [4.69, 9.17) is 0 Å². The molecule has 0 aromatic heterocycles. The van der Waals surface area contributed by atoms with Gasteiger partial charge in [0, 0.05) is 12.2 Å². The van der Waals surface area contributed by atoms with Gasteiger partial charge < -0.3 is 10.0 Å². The highest BCUT2D eigenvalue weighted by Crippen LogP contribution is 2.49. The Morgan fingerprint density at radius 3 is 2.23 bits per heavy atom. The Morgan fingerprint density at radius 1 is 1.08 bits per heavy atom. The van der Waals surface area contributed by atoms with Gasteiger partial charge in [-0.1, -0.05) is 25.5 Å². The molecule has 0 radical (unpaired) electrons. The molecule has 1 spiro atoms. The van der Waals surface area contributed by atoms with Gasteiger partial charge in [-0.3, -0.25) is 4.79 Å². The van der Waals surface area contributed by atoms with Gasteiger partial charge >= 0.3 is 6.18 Å². The number of benzene rings is 1. The third-order valence-corrected chi connectivity index (χ3v) is 6.02.